The largest absolute Gasteiger partial charge is 0.481 e. The van der Waals surface area contributed by atoms with Crippen LogP contribution in [-0.2, 0) is 14.8 Å². The molecule has 2 bridgehead atoms. The van der Waals surface area contributed by atoms with Gasteiger partial charge in [0.1, 0.15) is 11.6 Å². The summed E-state index contributed by atoms with van der Waals surface area (Å²) in [5, 5.41) is 14.7. The smallest absolute Gasteiger partial charge is 0.308 e. The zero-order chi connectivity index (χ0) is 32.4. The Hall–Kier alpha value is -5.10. The predicted octanol–water partition coefficient (Wildman–Crippen LogP) is 6.42. The monoisotopic (exact) mass is 650 g/mol. The molecular weight excluding hydrogens is 619 g/mol. The van der Waals surface area contributed by atoms with E-state index in [1.54, 1.807) is 12.1 Å². The minimum absolute atomic E-state index is 0.0363. The van der Waals surface area contributed by atoms with Gasteiger partial charge in [0.2, 0.25) is 0 Å². The van der Waals surface area contributed by atoms with Gasteiger partial charge in [0.15, 0.2) is 17.1 Å². The quantitative estimate of drug-likeness (QED) is 0.202. The van der Waals surface area contributed by atoms with Crippen LogP contribution in [0.25, 0.3) is 39.1 Å². The molecule has 0 spiro atoms. The van der Waals surface area contributed by atoms with Crippen molar-refractivity contribution in [3.8, 4) is 17.1 Å². The summed E-state index contributed by atoms with van der Waals surface area (Å²) in [4.78, 5) is 26.6. The molecule has 2 N–H and O–H groups in total. The molecule has 9 rings (SSSR count). The number of benzene rings is 2. The van der Waals surface area contributed by atoms with Gasteiger partial charge in [-0.3, -0.25) is 4.79 Å². The maximum absolute atomic E-state index is 14.8. The van der Waals surface area contributed by atoms with Crippen LogP contribution in [0.5, 0.6) is 0 Å². The molecule has 0 amide bonds. The van der Waals surface area contributed by atoms with Crippen LogP contribution >= 0.6 is 0 Å². The minimum Gasteiger partial charge on any atom is -0.481 e. The fraction of sp³-hybridized carbons (Fsp3) is 0.257. The number of hydrogen-bond acceptors (Lipinski definition) is 7. The Bertz CT molecular complexity index is 2280. The zero-order valence-corrected chi connectivity index (χ0v) is 26.2. The Balaban J connectivity index is 1.34. The van der Waals surface area contributed by atoms with Gasteiger partial charge in [0.25, 0.3) is 10.0 Å². The minimum atomic E-state index is -4.13. The summed E-state index contributed by atoms with van der Waals surface area (Å²) >= 11 is 0. The number of nitrogens with zero attached hydrogens (tertiary/aromatic N) is 5. The van der Waals surface area contributed by atoms with Crippen LogP contribution in [0.2, 0.25) is 0 Å². The lowest BCUT2D eigenvalue weighted by molar-refractivity contribution is -0.148. The molecule has 6 aromatic rings. The van der Waals surface area contributed by atoms with Crippen LogP contribution in [0.15, 0.2) is 90.2 Å². The average Bonchev–Trinajstić information content (AvgIpc) is 3.68. The van der Waals surface area contributed by atoms with Crippen molar-refractivity contribution in [1.82, 2.24) is 23.5 Å². The third kappa shape index (κ3) is 4.86. The second-order valence-corrected chi connectivity index (χ2v) is 14.4. The molecule has 3 aliphatic carbocycles. The Labute approximate surface area is 270 Å². The van der Waals surface area contributed by atoms with Crippen LogP contribution in [0, 0.1) is 30.5 Å². The number of aliphatic carboxylic acids is 1. The molecule has 2 atom stereocenters. The zero-order valence-electron chi connectivity index (χ0n) is 25.4. The Morgan fingerprint density at radius 3 is 2.38 bits per heavy atom. The van der Waals surface area contributed by atoms with Gasteiger partial charge in [0.05, 0.1) is 22.4 Å². The van der Waals surface area contributed by atoms with E-state index in [1.165, 1.54) is 24.4 Å². The van der Waals surface area contributed by atoms with Crippen LogP contribution in [0.3, 0.4) is 0 Å². The highest BCUT2D eigenvalue weighted by atomic mass is 32.2. The predicted molar refractivity (Wildman–Crippen MR) is 175 cm³/mol. The number of rotatable bonds is 7. The van der Waals surface area contributed by atoms with Gasteiger partial charge >= 0.3 is 5.97 Å². The van der Waals surface area contributed by atoms with Gasteiger partial charge < -0.3 is 15.0 Å². The van der Waals surface area contributed by atoms with Gasteiger partial charge in [0, 0.05) is 35.1 Å². The molecule has 238 valence electrons. The SMILES string of the molecule is Cc1ccc(S(=O)(=O)n2cc(-c3nc(NC4C5CCC(CC5)C4C(=O)O)c4ccn(-c5ccccc5)c4n3)c3cc(F)cnc32)cc1. The van der Waals surface area contributed by atoms with Crippen LogP contribution in [0.4, 0.5) is 10.2 Å². The molecule has 4 aromatic heterocycles. The Kier molecular flexibility index (Phi) is 6.87. The van der Waals surface area contributed by atoms with Crippen molar-refractivity contribution in [2.75, 3.05) is 5.32 Å². The molecular formula is C35H31FN6O4S. The molecule has 3 fully saturated rings. The number of para-hydroxylation sites is 1. The fourth-order valence-corrected chi connectivity index (χ4v) is 8.78. The molecule has 10 nitrogen and oxygen atoms in total. The van der Waals surface area contributed by atoms with E-state index < -0.39 is 27.7 Å². The first kappa shape index (κ1) is 29.3. The molecule has 2 unspecified atom stereocenters. The number of carbonyl (C=O) groups is 1. The second-order valence-electron chi connectivity index (χ2n) is 12.5. The summed E-state index contributed by atoms with van der Waals surface area (Å²) in [6.45, 7) is 1.87. The molecule has 47 heavy (non-hydrogen) atoms. The van der Waals surface area contributed by atoms with Gasteiger partial charge in [-0.25, -0.2) is 31.7 Å². The highest BCUT2D eigenvalue weighted by Gasteiger charge is 2.47. The van der Waals surface area contributed by atoms with E-state index in [2.05, 4.69) is 10.3 Å². The molecule has 2 aromatic carbocycles. The number of carboxylic acids is 1. The first-order valence-electron chi connectivity index (χ1n) is 15.6. The number of carboxylic acid groups (broad SMARTS) is 1. The van der Waals surface area contributed by atoms with Crippen molar-refractivity contribution in [2.45, 2.75) is 43.5 Å². The normalized spacial score (nSPS) is 21.0. The average molecular weight is 651 g/mol. The van der Waals surface area contributed by atoms with Crippen LogP contribution < -0.4 is 5.32 Å². The first-order valence-corrected chi connectivity index (χ1v) is 17.1. The molecule has 0 aliphatic heterocycles. The lowest BCUT2D eigenvalue weighted by Gasteiger charge is -2.47. The first-order chi connectivity index (χ1) is 22.7. The Morgan fingerprint density at radius 2 is 1.66 bits per heavy atom. The van der Waals surface area contributed by atoms with E-state index in [9.17, 15) is 22.7 Å². The van der Waals surface area contributed by atoms with Crippen LogP contribution in [0.1, 0.15) is 31.2 Å². The summed E-state index contributed by atoms with van der Waals surface area (Å²) in [6.07, 6.45) is 7.90. The maximum Gasteiger partial charge on any atom is 0.308 e. The van der Waals surface area contributed by atoms with E-state index in [1.807, 2.05) is 54.1 Å². The van der Waals surface area contributed by atoms with Gasteiger partial charge in [-0.05, 0) is 80.8 Å². The fourth-order valence-electron chi connectivity index (χ4n) is 7.45. The van der Waals surface area contributed by atoms with Crippen molar-refractivity contribution in [1.29, 1.82) is 0 Å². The Morgan fingerprint density at radius 1 is 0.936 bits per heavy atom. The maximum atomic E-state index is 14.8. The van der Waals surface area contributed by atoms with Crippen molar-refractivity contribution < 1.29 is 22.7 Å². The summed E-state index contributed by atoms with van der Waals surface area (Å²) in [6, 6.07) is 18.9. The number of hydrogen-bond donors (Lipinski definition) is 2. The van der Waals surface area contributed by atoms with E-state index in [0.717, 1.165) is 47.1 Å². The third-order valence-electron chi connectivity index (χ3n) is 9.78. The number of halogens is 1. The highest BCUT2D eigenvalue weighted by molar-refractivity contribution is 7.90. The highest BCUT2D eigenvalue weighted by Crippen LogP contribution is 2.47. The van der Waals surface area contributed by atoms with Crippen molar-refractivity contribution in [3.05, 3.63) is 96.7 Å². The van der Waals surface area contributed by atoms with E-state index >= 15 is 0 Å². The van der Waals surface area contributed by atoms with Gasteiger partial charge in [-0.1, -0.05) is 35.9 Å². The second kappa shape index (κ2) is 11.0. The van der Waals surface area contributed by atoms with Gasteiger partial charge in [-0.15, -0.1) is 0 Å². The van der Waals surface area contributed by atoms with Crippen LogP contribution in [-0.4, -0.2) is 49.0 Å². The summed E-state index contributed by atoms with van der Waals surface area (Å²) in [7, 11) is -4.13. The summed E-state index contributed by atoms with van der Waals surface area (Å²) < 4.78 is 45.5. The molecule has 3 aliphatic rings. The lowest BCUT2D eigenvalue weighted by atomic mass is 9.61. The third-order valence-corrected chi connectivity index (χ3v) is 11.4. The van der Waals surface area contributed by atoms with E-state index in [0.29, 0.717) is 16.9 Å². The summed E-state index contributed by atoms with van der Waals surface area (Å²) in [5.74, 6) is -1.18. The van der Waals surface area contributed by atoms with E-state index in [-0.39, 0.29) is 45.2 Å². The number of fused-ring (bicyclic) bond motifs is 5. The van der Waals surface area contributed by atoms with Crippen molar-refractivity contribution in [2.24, 2.45) is 17.8 Å². The van der Waals surface area contributed by atoms with Crippen molar-refractivity contribution >= 4 is 43.9 Å². The molecule has 4 heterocycles. The number of aromatic nitrogens is 5. The van der Waals surface area contributed by atoms with Crippen molar-refractivity contribution in [3.63, 3.8) is 0 Å². The molecule has 3 saturated carbocycles. The molecule has 0 radical (unpaired) electrons. The molecule has 12 heteroatoms. The number of aryl methyl sites for hydroxylation is 1. The number of pyridine rings is 1. The summed E-state index contributed by atoms with van der Waals surface area (Å²) in [5.41, 5.74) is 2.59. The number of nitrogens with one attached hydrogen (secondary N) is 1. The topological polar surface area (TPSA) is 132 Å². The van der Waals surface area contributed by atoms with Gasteiger partial charge in [-0.2, -0.15) is 0 Å². The molecule has 0 saturated heterocycles. The van der Waals surface area contributed by atoms with E-state index in [4.69, 9.17) is 9.97 Å². The lowest BCUT2D eigenvalue weighted by Crippen LogP contribution is -2.51. The standard InChI is InChI=1S/C35H31FN6O4S/c1-20-7-13-25(14-8-20)47(45,46)42-19-28(27-17-23(36)18-37-33(27)42)32-39-31(38-30-22-11-9-21(10-12-22)29(30)35(43)44)26-15-16-41(34(26)40-32)24-5-3-2-4-6-24/h2-8,13-19,21-22,29-30H,9-12H2,1H3,(H,43,44)(H,38,39,40). The number of anilines is 1.